The summed E-state index contributed by atoms with van der Waals surface area (Å²) >= 11 is 0. The molecule has 0 spiro atoms. The van der Waals surface area contributed by atoms with Crippen molar-refractivity contribution in [2.75, 3.05) is 25.6 Å². The zero-order valence-electron chi connectivity index (χ0n) is 10.7. The highest BCUT2D eigenvalue weighted by molar-refractivity contribution is 5.95. The number of amides is 1. The van der Waals surface area contributed by atoms with Crippen LogP contribution >= 0.6 is 0 Å². The average Bonchev–Trinajstić information content (AvgIpc) is 2.38. The molecule has 0 radical (unpaired) electrons. The van der Waals surface area contributed by atoms with E-state index in [2.05, 4.69) is 10.3 Å². The van der Waals surface area contributed by atoms with E-state index in [1.165, 1.54) is 0 Å². The third-order valence-corrected chi connectivity index (χ3v) is 2.28. The number of carbonyl (C=O) groups is 1. The monoisotopic (exact) mass is 253 g/mol. The third kappa shape index (κ3) is 4.31. The minimum absolute atomic E-state index is 0.277. The van der Waals surface area contributed by atoms with Crippen molar-refractivity contribution in [3.63, 3.8) is 0 Å². The van der Waals surface area contributed by atoms with E-state index in [4.69, 9.17) is 15.2 Å². The van der Waals surface area contributed by atoms with Crippen LogP contribution in [0.1, 0.15) is 13.3 Å². The van der Waals surface area contributed by atoms with Gasteiger partial charge in [-0.1, -0.05) is 0 Å². The van der Waals surface area contributed by atoms with Crippen molar-refractivity contribution >= 4 is 11.6 Å². The van der Waals surface area contributed by atoms with Crippen LogP contribution in [0.3, 0.4) is 0 Å². The van der Waals surface area contributed by atoms with Crippen LogP contribution in [0.25, 0.3) is 0 Å². The summed E-state index contributed by atoms with van der Waals surface area (Å²) < 4.78 is 10.2. The summed E-state index contributed by atoms with van der Waals surface area (Å²) in [4.78, 5) is 15.8. The van der Waals surface area contributed by atoms with Crippen LogP contribution in [0, 0.1) is 0 Å². The van der Waals surface area contributed by atoms with E-state index in [0.717, 1.165) is 0 Å². The van der Waals surface area contributed by atoms with Gasteiger partial charge in [0.05, 0.1) is 12.6 Å². The Hall–Kier alpha value is -1.66. The Balaban J connectivity index is 2.63. The highest BCUT2D eigenvalue weighted by Gasteiger charge is 2.15. The average molecular weight is 253 g/mol. The van der Waals surface area contributed by atoms with Crippen LogP contribution in [-0.2, 0) is 9.53 Å². The molecule has 0 aliphatic rings. The number of pyridine rings is 1. The predicted octanol–water partition coefficient (Wildman–Crippen LogP) is 0.783. The van der Waals surface area contributed by atoms with E-state index in [1.807, 2.05) is 6.92 Å². The van der Waals surface area contributed by atoms with E-state index < -0.39 is 6.04 Å². The molecule has 1 rings (SSSR count). The molecule has 1 amide bonds. The van der Waals surface area contributed by atoms with Crippen LogP contribution in [0.15, 0.2) is 18.3 Å². The Morgan fingerprint density at radius 3 is 3.06 bits per heavy atom. The van der Waals surface area contributed by atoms with Crippen molar-refractivity contribution in [1.29, 1.82) is 0 Å². The van der Waals surface area contributed by atoms with Crippen LogP contribution < -0.4 is 15.8 Å². The molecule has 3 N–H and O–H groups in total. The van der Waals surface area contributed by atoms with E-state index in [0.29, 0.717) is 31.2 Å². The van der Waals surface area contributed by atoms with Gasteiger partial charge in [0.25, 0.3) is 0 Å². The molecule has 0 aromatic carbocycles. The quantitative estimate of drug-likeness (QED) is 0.750. The van der Waals surface area contributed by atoms with Crippen molar-refractivity contribution < 1.29 is 14.3 Å². The first-order valence-electron chi connectivity index (χ1n) is 5.82. The predicted molar refractivity (Wildman–Crippen MR) is 68.5 cm³/mol. The Kier molecular flexibility index (Phi) is 6.10. The fourth-order valence-electron chi connectivity index (χ4n) is 1.34. The standard InChI is InChI=1S/C12H19N3O3/c1-3-18-12-10(5-4-7-14-12)15-11(16)9(13)6-8-17-2/h4-5,7,9H,3,6,8,13H2,1-2H3,(H,15,16). The first-order valence-corrected chi connectivity index (χ1v) is 5.82. The first kappa shape index (κ1) is 14.4. The number of carbonyl (C=O) groups excluding carboxylic acids is 1. The number of rotatable bonds is 7. The molecule has 1 aromatic heterocycles. The van der Waals surface area contributed by atoms with Crippen LogP contribution in [-0.4, -0.2) is 37.3 Å². The topological polar surface area (TPSA) is 86.5 Å². The third-order valence-electron chi connectivity index (χ3n) is 2.28. The van der Waals surface area contributed by atoms with E-state index in [1.54, 1.807) is 25.4 Å². The molecule has 6 nitrogen and oxygen atoms in total. The minimum Gasteiger partial charge on any atom is -0.476 e. The lowest BCUT2D eigenvalue weighted by atomic mass is 10.2. The zero-order chi connectivity index (χ0) is 13.4. The molecule has 18 heavy (non-hydrogen) atoms. The van der Waals surface area contributed by atoms with Gasteiger partial charge in [-0.15, -0.1) is 0 Å². The Bertz CT molecular complexity index is 385. The summed E-state index contributed by atoms with van der Waals surface area (Å²) in [6, 6.07) is 2.83. The van der Waals surface area contributed by atoms with Crippen LogP contribution in [0.2, 0.25) is 0 Å². The number of aromatic nitrogens is 1. The van der Waals surface area contributed by atoms with Gasteiger partial charge < -0.3 is 20.5 Å². The molecule has 0 aliphatic carbocycles. The van der Waals surface area contributed by atoms with Crippen LogP contribution in [0.4, 0.5) is 5.69 Å². The lowest BCUT2D eigenvalue weighted by Crippen LogP contribution is -2.36. The van der Waals surface area contributed by atoms with E-state index in [-0.39, 0.29) is 5.91 Å². The molecule has 0 saturated carbocycles. The molecule has 0 bridgehead atoms. The van der Waals surface area contributed by atoms with Crippen LogP contribution in [0.5, 0.6) is 5.88 Å². The summed E-state index contributed by atoms with van der Waals surface area (Å²) in [5, 5.41) is 2.70. The number of nitrogens with two attached hydrogens (primary N) is 1. The van der Waals surface area contributed by atoms with Gasteiger partial charge in [-0.05, 0) is 25.5 Å². The number of hydrogen-bond acceptors (Lipinski definition) is 5. The number of nitrogens with zero attached hydrogens (tertiary/aromatic N) is 1. The van der Waals surface area contributed by atoms with Gasteiger partial charge in [0.1, 0.15) is 5.69 Å². The second-order valence-electron chi connectivity index (χ2n) is 3.67. The minimum atomic E-state index is -0.611. The van der Waals surface area contributed by atoms with E-state index >= 15 is 0 Å². The zero-order valence-corrected chi connectivity index (χ0v) is 10.7. The molecule has 1 unspecified atom stereocenters. The summed E-state index contributed by atoms with van der Waals surface area (Å²) in [6.07, 6.45) is 2.07. The highest BCUT2D eigenvalue weighted by Crippen LogP contribution is 2.20. The highest BCUT2D eigenvalue weighted by atomic mass is 16.5. The maximum absolute atomic E-state index is 11.8. The maximum Gasteiger partial charge on any atom is 0.241 e. The molecule has 0 fully saturated rings. The largest absolute Gasteiger partial charge is 0.476 e. The number of methoxy groups -OCH3 is 1. The van der Waals surface area contributed by atoms with Gasteiger partial charge in [0.15, 0.2) is 0 Å². The van der Waals surface area contributed by atoms with Gasteiger partial charge in [0.2, 0.25) is 11.8 Å². The van der Waals surface area contributed by atoms with Gasteiger partial charge >= 0.3 is 0 Å². The lowest BCUT2D eigenvalue weighted by Gasteiger charge is -2.13. The van der Waals surface area contributed by atoms with Gasteiger partial charge in [-0.25, -0.2) is 4.98 Å². The second-order valence-corrected chi connectivity index (χ2v) is 3.67. The molecule has 1 heterocycles. The van der Waals surface area contributed by atoms with Gasteiger partial charge in [-0.3, -0.25) is 4.79 Å². The maximum atomic E-state index is 11.8. The van der Waals surface area contributed by atoms with Crippen molar-refractivity contribution in [3.8, 4) is 5.88 Å². The Morgan fingerprint density at radius 2 is 2.39 bits per heavy atom. The van der Waals surface area contributed by atoms with Crippen molar-refractivity contribution in [2.45, 2.75) is 19.4 Å². The lowest BCUT2D eigenvalue weighted by molar-refractivity contribution is -0.117. The van der Waals surface area contributed by atoms with Crippen molar-refractivity contribution in [1.82, 2.24) is 4.98 Å². The molecule has 100 valence electrons. The second kappa shape index (κ2) is 7.62. The Morgan fingerprint density at radius 1 is 1.61 bits per heavy atom. The van der Waals surface area contributed by atoms with Gasteiger partial charge in [0, 0.05) is 19.9 Å². The summed E-state index contributed by atoms with van der Waals surface area (Å²) in [5.74, 6) is 0.119. The number of anilines is 1. The molecule has 6 heteroatoms. The molecular weight excluding hydrogens is 234 g/mol. The summed E-state index contributed by atoms with van der Waals surface area (Å²) in [5.41, 5.74) is 6.25. The normalized spacial score (nSPS) is 11.9. The molecule has 0 aliphatic heterocycles. The smallest absolute Gasteiger partial charge is 0.241 e. The first-order chi connectivity index (χ1) is 8.69. The molecule has 0 saturated heterocycles. The summed E-state index contributed by atoms with van der Waals surface area (Å²) in [7, 11) is 1.57. The Labute approximate surface area is 106 Å². The fourth-order valence-corrected chi connectivity index (χ4v) is 1.34. The molecule has 1 aromatic rings. The van der Waals surface area contributed by atoms with E-state index in [9.17, 15) is 4.79 Å². The molecular formula is C12H19N3O3. The number of ether oxygens (including phenoxy) is 2. The van der Waals surface area contributed by atoms with Crippen molar-refractivity contribution in [2.24, 2.45) is 5.73 Å². The molecule has 1 atom stereocenters. The van der Waals surface area contributed by atoms with Crippen molar-refractivity contribution in [3.05, 3.63) is 18.3 Å². The number of nitrogens with one attached hydrogen (secondary N) is 1. The van der Waals surface area contributed by atoms with Gasteiger partial charge in [-0.2, -0.15) is 0 Å². The summed E-state index contributed by atoms with van der Waals surface area (Å²) in [6.45, 7) is 2.78. The fraction of sp³-hybridized carbons (Fsp3) is 0.500. The number of hydrogen-bond donors (Lipinski definition) is 2. The SMILES string of the molecule is CCOc1ncccc1NC(=O)C(N)CCOC.